The molecule has 106 valence electrons. The molecule has 19 heavy (non-hydrogen) atoms. The smallest absolute Gasteiger partial charge is 0.208 e. The first kappa shape index (κ1) is 14.2. The number of halogens is 1. The maximum atomic E-state index is 12.8. The zero-order chi connectivity index (χ0) is 13.9. The van der Waals surface area contributed by atoms with Gasteiger partial charge in [0.1, 0.15) is 11.6 Å². The molecule has 0 aromatic carbocycles. The number of rotatable bonds is 4. The predicted molar refractivity (Wildman–Crippen MR) is 72.0 cm³/mol. The van der Waals surface area contributed by atoms with Crippen molar-refractivity contribution in [2.45, 2.75) is 12.8 Å². The van der Waals surface area contributed by atoms with Crippen molar-refractivity contribution in [2.24, 2.45) is 5.92 Å². The van der Waals surface area contributed by atoms with E-state index in [0.717, 1.165) is 38.0 Å². The van der Waals surface area contributed by atoms with Crippen LogP contribution < -0.4 is 9.62 Å². The first-order valence-electron chi connectivity index (χ1n) is 6.25. The number of nitrogens with zero attached hydrogens (tertiary/aromatic N) is 2. The summed E-state index contributed by atoms with van der Waals surface area (Å²) in [5, 5.41) is 0. The van der Waals surface area contributed by atoms with E-state index >= 15 is 0 Å². The molecule has 0 aliphatic carbocycles. The molecule has 0 amide bonds. The Morgan fingerprint density at radius 1 is 1.53 bits per heavy atom. The van der Waals surface area contributed by atoms with Crippen LogP contribution in [0.2, 0.25) is 0 Å². The van der Waals surface area contributed by atoms with Gasteiger partial charge in [0.25, 0.3) is 0 Å². The minimum absolute atomic E-state index is 0.260. The lowest BCUT2D eigenvalue weighted by Gasteiger charge is -2.33. The molecule has 1 aliphatic heterocycles. The highest BCUT2D eigenvalue weighted by molar-refractivity contribution is 7.88. The average molecular weight is 287 g/mol. The van der Waals surface area contributed by atoms with Gasteiger partial charge in [-0.05, 0) is 30.9 Å². The molecule has 0 spiro atoms. The fraction of sp³-hybridized carbons (Fsp3) is 0.583. The van der Waals surface area contributed by atoms with Gasteiger partial charge in [-0.3, -0.25) is 0 Å². The summed E-state index contributed by atoms with van der Waals surface area (Å²) in [6.45, 7) is 2.05. The van der Waals surface area contributed by atoms with E-state index in [1.807, 2.05) is 0 Å². The molecule has 1 fully saturated rings. The number of aromatic nitrogens is 1. The molecule has 1 N–H and O–H groups in total. The normalized spacial score (nSPS) is 20.5. The molecule has 0 unspecified atom stereocenters. The largest absolute Gasteiger partial charge is 0.356 e. The number of hydrogen-bond acceptors (Lipinski definition) is 4. The van der Waals surface area contributed by atoms with Crippen LogP contribution in [0.3, 0.4) is 0 Å². The van der Waals surface area contributed by atoms with Gasteiger partial charge in [0.15, 0.2) is 0 Å². The lowest BCUT2D eigenvalue weighted by atomic mass is 9.98. The van der Waals surface area contributed by atoms with E-state index in [1.54, 1.807) is 6.07 Å². The SMILES string of the molecule is CS(=O)(=O)NC[C@@H]1CCCN(c2ccc(F)cn2)C1. The number of nitrogens with one attached hydrogen (secondary N) is 1. The lowest BCUT2D eigenvalue weighted by Crippen LogP contribution is -2.41. The summed E-state index contributed by atoms with van der Waals surface area (Å²) >= 11 is 0. The third-order valence-electron chi connectivity index (χ3n) is 3.19. The number of sulfonamides is 1. The Kier molecular flexibility index (Phi) is 4.36. The van der Waals surface area contributed by atoms with Gasteiger partial charge in [0.2, 0.25) is 10.0 Å². The summed E-state index contributed by atoms with van der Waals surface area (Å²) < 4.78 is 37.5. The highest BCUT2D eigenvalue weighted by Crippen LogP contribution is 2.21. The predicted octanol–water partition coefficient (Wildman–Crippen LogP) is 0.986. The van der Waals surface area contributed by atoms with Crippen LogP contribution >= 0.6 is 0 Å². The average Bonchev–Trinajstić information content (AvgIpc) is 2.37. The van der Waals surface area contributed by atoms with Gasteiger partial charge in [-0.15, -0.1) is 0 Å². The number of hydrogen-bond donors (Lipinski definition) is 1. The minimum atomic E-state index is -3.14. The molecule has 0 saturated carbocycles. The van der Waals surface area contributed by atoms with Crippen LogP contribution in [-0.4, -0.2) is 39.3 Å². The van der Waals surface area contributed by atoms with Crippen LogP contribution in [0.4, 0.5) is 10.2 Å². The van der Waals surface area contributed by atoms with E-state index in [-0.39, 0.29) is 11.7 Å². The number of anilines is 1. The maximum absolute atomic E-state index is 12.8. The third-order valence-corrected chi connectivity index (χ3v) is 3.88. The van der Waals surface area contributed by atoms with Crippen molar-refractivity contribution < 1.29 is 12.8 Å². The van der Waals surface area contributed by atoms with E-state index in [4.69, 9.17) is 0 Å². The van der Waals surface area contributed by atoms with Gasteiger partial charge in [0, 0.05) is 19.6 Å². The Morgan fingerprint density at radius 3 is 2.95 bits per heavy atom. The second-order valence-electron chi connectivity index (χ2n) is 4.91. The molecule has 0 bridgehead atoms. The van der Waals surface area contributed by atoms with E-state index in [1.165, 1.54) is 12.3 Å². The molecular weight excluding hydrogens is 269 g/mol. The molecule has 2 heterocycles. The highest BCUT2D eigenvalue weighted by atomic mass is 32.2. The van der Waals surface area contributed by atoms with Crippen LogP contribution in [0.15, 0.2) is 18.3 Å². The monoisotopic (exact) mass is 287 g/mol. The minimum Gasteiger partial charge on any atom is -0.356 e. The zero-order valence-corrected chi connectivity index (χ0v) is 11.7. The Labute approximate surface area is 112 Å². The van der Waals surface area contributed by atoms with Crippen molar-refractivity contribution in [3.8, 4) is 0 Å². The molecule has 1 aliphatic rings. The van der Waals surface area contributed by atoms with E-state index < -0.39 is 10.0 Å². The fourth-order valence-electron chi connectivity index (χ4n) is 2.26. The summed E-state index contributed by atoms with van der Waals surface area (Å²) in [5.41, 5.74) is 0. The number of piperidine rings is 1. The highest BCUT2D eigenvalue weighted by Gasteiger charge is 2.21. The van der Waals surface area contributed by atoms with Gasteiger partial charge in [0.05, 0.1) is 12.5 Å². The molecule has 5 nitrogen and oxygen atoms in total. The Hall–Kier alpha value is -1.21. The fourth-order valence-corrected chi connectivity index (χ4v) is 2.80. The molecule has 1 aromatic rings. The van der Waals surface area contributed by atoms with Crippen molar-refractivity contribution in [2.75, 3.05) is 30.8 Å². The molecule has 0 radical (unpaired) electrons. The molecule has 1 saturated heterocycles. The van der Waals surface area contributed by atoms with Crippen LogP contribution in [0.5, 0.6) is 0 Å². The third kappa shape index (κ3) is 4.43. The molecular formula is C12H18FN3O2S. The molecule has 7 heteroatoms. The van der Waals surface area contributed by atoms with E-state index in [0.29, 0.717) is 6.54 Å². The van der Waals surface area contributed by atoms with E-state index in [2.05, 4.69) is 14.6 Å². The summed E-state index contributed by atoms with van der Waals surface area (Å²) in [4.78, 5) is 6.12. The number of pyridine rings is 1. The second kappa shape index (κ2) is 5.83. The van der Waals surface area contributed by atoms with Gasteiger partial charge in [-0.2, -0.15) is 0 Å². The quantitative estimate of drug-likeness (QED) is 0.897. The molecule has 1 atom stereocenters. The van der Waals surface area contributed by atoms with Crippen molar-refractivity contribution in [1.29, 1.82) is 0 Å². The molecule has 2 rings (SSSR count). The Morgan fingerprint density at radius 2 is 2.32 bits per heavy atom. The standard InChI is InChI=1S/C12H18FN3O2S/c1-19(17,18)15-7-10-3-2-6-16(9-10)12-5-4-11(13)8-14-12/h4-5,8,10,15H,2-3,6-7,9H2,1H3/t10-/m0/s1. The van der Waals surface area contributed by atoms with Crippen LogP contribution in [-0.2, 0) is 10.0 Å². The van der Waals surface area contributed by atoms with Gasteiger partial charge >= 0.3 is 0 Å². The van der Waals surface area contributed by atoms with Crippen LogP contribution in [0, 0.1) is 11.7 Å². The Bertz CT molecular complexity index is 518. The van der Waals surface area contributed by atoms with E-state index in [9.17, 15) is 12.8 Å². The van der Waals surface area contributed by atoms with Crippen molar-refractivity contribution >= 4 is 15.8 Å². The maximum Gasteiger partial charge on any atom is 0.208 e. The van der Waals surface area contributed by atoms with Crippen LogP contribution in [0.1, 0.15) is 12.8 Å². The van der Waals surface area contributed by atoms with Crippen molar-refractivity contribution in [1.82, 2.24) is 9.71 Å². The molecule has 1 aromatic heterocycles. The van der Waals surface area contributed by atoms with Crippen molar-refractivity contribution in [3.63, 3.8) is 0 Å². The van der Waals surface area contributed by atoms with Crippen LogP contribution in [0.25, 0.3) is 0 Å². The lowest BCUT2D eigenvalue weighted by molar-refractivity contribution is 0.409. The first-order chi connectivity index (χ1) is 8.94. The topological polar surface area (TPSA) is 62.3 Å². The summed E-state index contributed by atoms with van der Waals surface area (Å²) in [7, 11) is -3.14. The summed E-state index contributed by atoms with van der Waals surface area (Å²) in [5.74, 6) is 0.650. The van der Waals surface area contributed by atoms with Gasteiger partial charge in [-0.25, -0.2) is 22.5 Å². The van der Waals surface area contributed by atoms with Gasteiger partial charge in [-0.1, -0.05) is 0 Å². The van der Waals surface area contributed by atoms with Gasteiger partial charge < -0.3 is 4.90 Å². The Balaban J connectivity index is 1.95. The second-order valence-corrected chi connectivity index (χ2v) is 6.74. The first-order valence-corrected chi connectivity index (χ1v) is 8.14. The van der Waals surface area contributed by atoms with Crippen molar-refractivity contribution in [3.05, 3.63) is 24.1 Å². The summed E-state index contributed by atoms with van der Waals surface area (Å²) in [6, 6.07) is 3.04. The summed E-state index contributed by atoms with van der Waals surface area (Å²) in [6.07, 6.45) is 4.33. The zero-order valence-electron chi connectivity index (χ0n) is 10.8.